The Hall–Kier alpha value is -2.31. The van der Waals surface area contributed by atoms with Crippen LogP contribution < -0.4 is 5.32 Å². The first kappa shape index (κ1) is 15.1. The highest BCUT2D eigenvalue weighted by atomic mass is 35.5. The van der Waals surface area contributed by atoms with E-state index in [1.54, 1.807) is 30.3 Å². The van der Waals surface area contributed by atoms with Crippen LogP contribution in [0.5, 0.6) is 0 Å². The van der Waals surface area contributed by atoms with Crippen molar-refractivity contribution in [2.24, 2.45) is 0 Å². The van der Waals surface area contributed by atoms with E-state index in [1.165, 1.54) is 5.56 Å². The van der Waals surface area contributed by atoms with E-state index in [0.717, 1.165) is 0 Å². The van der Waals surface area contributed by atoms with E-state index < -0.39 is 0 Å². The third kappa shape index (κ3) is 3.62. The van der Waals surface area contributed by atoms with Crippen molar-refractivity contribution < 1.29 is 4.79 Å². The smallest absolute Gasteiger partial charge is 0.255 e. The Labute approximate surface area is 129 Å². The van der Waals surface area contributed by atoms with E-state index in [4.69, 9.17) is 16.9 Å². The molecule has 0 atom stereocenters. The molecule has 0 fully saturated rings. The highest BCUT2D eigenvalue weighted by Crippen LogP contribution is 2.23. The Morgan fingerprint density at radius 1 is 1.19 bits per heavy atom. The Morgan fingerprint density at radius 2 is 1.86 bits per heavy atom. The quantitative estimate of drug-likeness (QED) is 0.901. The van der Waals surface area contributed by atoms with Crippen LogP contribution in [-0.4, -0.2) is 5.91 Å². The van der Waals surface area contributed by atoms with Crippen LogP contribution in [0.3, 0.4) is 0 Å². The molecule has 1 N–H and O–H groups in total. The van der Waals surface area contributed by atoms with Crippen molar-refractivity contribution in [3.63, 3.8) is 0 Å². The molecule has 106 valence electrons. The molecule has 0 saturated carbocycles. The molecule has 0 radical (unpaired) electrons. The first-order chi connectivity index (χ1) is 10.0. The number of carbonyl (C=O) groups is 1. The van der Waals surface area contributed by atoms with Gasteiger partial charge in [-0.25, -0.2) is 0 Å². The third-order valence-electron chi connectivity index (χ3n) is 3.18. The zero-order valence-corrected chi connectivity index (χ0v) is 12.6. The topological polar surface area (TPSA) is 52.9 Å². The molecule has 0 aromatic heterocycles. The first-order valence-corrected chi connectivity index (χ1v) is 7.00. The maximum absolute atomic E-state index is 12.2. The lowest BCUT2D eigenvalue weighted by molar-refractivity contribution is 0.102. The van der Waals surface area contributed by atoms with Crippen molar-refractivity contribution in [2.45, 2.75) is 19.8 Å². The summed E-state index contributed by atoms with van der Waals surface area (Å²) in [5, 5.41) is 12.0. The Balaban J connectivity index is 2.20. The molecule has 0 heterocycles. The van der Waals surface area contributed by atoms with Crippen LogP contribution >= 0.6 is 11.6 Å². The summed E-state index contributed by atoms with van der Waals surface area (Å²) < 4.78 is 0. The Kier molecular flexibility index (Phi) is 4.62. The maximum atomic E-state index is 12.2. The highest BCUT2D eigenvalue weighted by molar-refractivity contribution is 6.34. The standard InChI is InChI=1S/C17H15ClN2O/c1-11(2)13-4-6-14(7-5-13)17(21)20-16-9-12(10-19)3-8-15(16)18/h3-9,11H,1-2H3,(H,20,21). The van der Waals surface area contributed by atoms with Crippen molar-refractivity contribution in [1.82, 2.24) is 0 Å². The minimum absolute atomic E-state index is 0.248. The number of hydrogen-bond acceptors (Lipinski definition) is 2. The SMILES string of the molecule is CC(C)c1ccc(C(=O)Nc2cc(C#N)ccc2Cl)cc1. The zero-order chi connectivity index (χ0) is 15.4. The maximum Gasteiger partial charge on any atom is 0.255 e. The molecule has 0 saturated heterocycles. The lowest BCUT2D eigenvalue weighted by atomic mass is 10.0. The molecule has 0 unspecified atom stereocenters. The molecule has 2 rings (SSSR count). The molecule has 21 heavy (non-hydrogen) atoms. The molecule has 0 aliphatic rings. The fraction of sp³-hybridized carbons (Fsp3) is 0.176. The van der Waals surface area contributed by atoms with Crippen molar-refractivity contribution in [1.29, 1.82) is 5.26 Å². The molecule has 4 heteroatoms. The summed E-state index contributed by atoms with van der Waals surface area (Å²) in [5.41, 5.74) is 2.62. The summed E-state index contributed by atoms with van der Waals surface area (Å²) in [5.74, 6) is 0.172. The third-order valence-corrected chi connectivity index (χ3v) is 3.51. The fourth-order valence-electron chi connectivity index (χ4n) is 1.90. The summed E-state index contributed by atoms with van der Waals surface area (Å²) in [6.07, 6.45) is 0. The largest absolute Gasteiger partial charge is 0.321 e. The molecule has 2 aromatic rings. The number of benzene rings is 2. The molecule has 0 aliphatic heterocycles. The molecule has 3 nitrogen and oxygen atoms in total. The monoisotopic (exact) mass is 298 g/mol. The van der Waals surface area contributed by atoms with Gasteiger partial charge < -0.3 is 5.32 Å². The Morgan fingerprint density at radius 3 is 2.43 bits per heavy atom. The average Bonchev–Trinajstić information content (AvgIpc) is 2.49. The molecule has 0 spiro atoms. The van der Waals surface area contributed by atoms with Crippen molar-refractivity contribution in [3.8, 4) is 6.07 Å². The van der Waals surface area contributed by atoms with E-state index in [1.807, 2.05) is 18.2 Å². The van der Waals surface area contributed by atoms with Gasteiger partial charge in [0.15, 0.2) is 0 Å². The minimum atomic E-state index is -0.248. The second-order valence-corrected chi connectivity index (χ2v) is 5.44. The predicted molar refractivity (Wildman–Crippen MR) is 84.7 cm³/mol. The summed E-state index contributed by atoms with van der Waals surface area (Å²) >= 11 is 6.03. The van der Waals surface area contributed by atoms with Crippen molar-refractivity contribution in [2.75, 3.05) is 5.32 Å². The zero-order valence-electron chi connectivity index (χ0n) is 11.9. The number of anilines is 1. The summed E-state index contributed by atoms with van der Waals surface area (Å²) in [6.45, 7) is 4.20. The van der Waals surface area contributed by atoms with Gasteiger partial charge in [0.1, 0.15) is 0 Å². The van der Waals surface area contributed by atoms with Gasteiger partial charge in [-0.05, 0) is 41.8 Å². The van der Waals surface area contributed by atoms with Crippen LogP contribution in [0.4, 0.5) is 5.69 Å². The average molecular weight is 299 g/mol. The lowest BCUT2D eigenvalue weighted by Gasteiger charge is -2.09. The summed E-state index contributed by atoms with van der Waals surface area (Å²) in [6, 6.07) is 14.2. The van der Waals surface area contributed by atoms with Crippen LogP contribution in [0.15, 0.2) is 42.5 Å². The number of nitrogens with one attached hydrogen (secondary N) is 1. The molecule has 1 amide bonds. The van der Waals surface area contributed by atoms with Gasteiger partial charge in [-0.3, -0.25) is 4.79 Å². The highest BCUT2D eigenvalue weighted by Gasteiger charge is 2.10. The van der Waals surface area contributed by atoms with E-state index in [2.05, 4.69) is 19.2 Å². The first-order valence-electron chi connectivity index (χ1n) is 6.62. The van der Waals surface area contributed by atoms with Crippen LogP contribution in [0, 0.1) is 11.3 Å². The molecule has 0 bridgehead atoms. The number of nitriles is 1. The lowest BCUT2D eigenvalue weighted by Crippen LogP contribution is -2.12. The summed E-state index contributed by atoms with van der Waals surface area (Å²) in [7, 11) is 0. The summed E-state index contributed by atoms with van der Waals surface area (Å²) in [4.78, 5) is 12.2. The number of hydrogen-bond donors (Lipinski definition) is 1. The predicted octanol–water partition coefficient (Wildman–Crippen LogP) is 4.59. The molecular weight excluding hydrogens is 284 g/mol. The second-order valence-electron chi connectivity index (χ2n) is 5.04. The van der Waals surface area contributed by atoms with Gasteiger partial charge in [0.2, 0.25) is 0 Å². The molecule has 2 aromatic carbocycles. The van der Waals surface area contributed by atoms with E-state index in [9.17, 15) is 4.79 Å². The Bertz CT molecular complexity index is 700. The van der Waals surface area contributed by atoms with E-state index >= 15 is 0 Å². The number of rotatable bonds is 3. The van der Waals surface area contributed by atoms with Gasteiger partial charge in [-0.2, -0.15) is 5.26 Å². The van der Waals surface area contributed by atoms with Gasteiger partial charge >= 0.3 is 0 Å². The molecule has 0 aliphatic carbocycles. The van der Waals surface area contributed by atoms with Crippen LogP contribution in [-0.2, 0) is 0 Å². The van der Waals surface area contributed by atoms with Crippen molar-refractivity contribution >= 4 is 23.2 Å². The van der Waals surface area contributed by atoms with Crippen LogP contribution in [0.2, 0.25) is 5.02 Å². The van der Waals surface area contributed by atoms with Crippen LogP contribution in [0.25, 0.3) is 0 Å². The minimum Gasteiger partial charge on any atom is -0.321 e. The van der Waals surface area contributed by atoms with Gasteiger partial charge in [0, 0.05) is 5.56 Å². The number of amides is 1. The van der Waals surface area contributed by atoms with E-state index in [0.29, 0.717) is 27.8 Å². The molecular formula is C17H15ClN2O. The number of carbonyl (C=O) groups excluding carboxylic acids is 1. The second kappa shape index (κ2) is 6.43. The van der Waals surface area contributed by atoms with Crippen LogP contribution in [0.1, 0.15) is 41.3 Å². The van der Waals surface area contributed by atoms with Gasteiger partial charge in [-0.15, -0.1) is 0 Å². The number of nitrogens with zero attached hydrogens (tertiary/aromatic N) is 1. The number of halogens is 1. The van der Waals surface area contributed by atoms with Crippen molar-refractivity contribution in [3.05, 3.63) is 64.2 Å². The van der Waals surface area contributed by atoms with Gasteiger partial charge in [0.05, 0.1) is 22.3 Å². The normalized spacial score (nSPS) is 10.2. The fourth-order valence-corrected chi connectivity index (χ4v) is 2.07. The van der Waals surface area contributed by atoms with Gasteiger partial charge in [0.25, 0.3) is 5.91 Å². The van der Waals surface area contributed by atoms with E-state index in [-0.39, 0.29) is 5.91 Å². The van der Waals surface area contributed by atoms with Gasteiger partial charge in [-0.1, -0.05) is 37.6 Å².